The third-order valence-corrected chi connectivity index (χ3v) is 3.45. The van der Waals surface area contributed by atoms with Crippen LogP contribution in [0.2, 0.25) is 0 Å². The van der Waals surface area contributed by atoms with Crippen LogP contribution in [0.25, 0.3) is 0 Å². The zero-order valence-corrected chi connectivity index (χ0v) is 11.8. The van der Waals surface area contributed by atoms with E-state index in [0.717, 1.165) is 31.4 Å². The number of nitrogens with zero attached hydrogens (tertiary/aromatic N) is 1. The Morgan fingerprint density at radius 2 is 1.90 bits per heavy atom. The maximum absolute atomic E-state index is 13.7. The van der Waals surface area contributed by atoms with Crippen LogP contribution in [0.15, 0.2) is 48.8 Å². The predicted molar refractivity (Wildman–Crippen MR) is 80.1 cm³/mol. The number of pyridine rings is 1. The molecule has 1 atom stereocenters. The second kappa shape index (κ2) is 7.75. The van der Waals surface area contributed by atoms with Crippen LogP contribution in [-0.4, -0.2) is 17.6 Å². The van der Waals surface area contributed by atoms with Gasteiger partial charge < -0.3 is 5.32 Å². The standard InChI is InChI=1S/C17H21FN2/c1-2-20-16(8-7-14-9-11-19-12-10-14)13-15-5-3-4-6-17(15)18/h3-6,9-12,16,20H,2,7-8,13H2,1H3. The zero-order valence-electron chi connectivity index (χ0n) is 11.8. The summed E-state index contributed by atoms with van der Waals surface area (Å²) >= 11 is 0. The molecular formula is C17H21FN2. The SMILES string of the molecule is CCNC(CCc1ccncc1)Cc1ccccc1F. The average Bonchev–Trinajstić information content (AvgIpc) is 2.48. The van der Waals surface area contributed by atoms with Gasteiger partial charge in [-0.15, -0.1) is 0 Å². The van der Waals surface area contributed by atoms with Gasteiger partial charge in [0.25, 0.3) is 0 Å². The van der Waals surface area contributed by atoms with Gasteiger partial charge in [0.05, 0.1) is 0 Å². The third kappa shape index (κ3) is 4.42. The van der Waals surface area contributed by atoms with Crippen LogP contribution >= 0.6 is 0 Å². The molecular weight excluding hydrogens is 251 g/mol. The molecule has 0 radical (unpaired) electrons. The molecule has 1 unspecified atom stereocenters. The van der Waals surface area contributed by atoms with Gasteiger partial charge in [-0.2, -0.15) is 0 Å². The Kier molecular flexibility index (Phi) is 5.69. The first-order valence-electron chi connectivity index (χ1n) is 7.15. The molecule has 0 aliphatic rings. The van der Waals surface area contributed by atoms with Gasteiger partial charge in [0.1, 0.15) is 5.82 Å². The number of hydrogen-bond donors (Lipinski definition) is 1. The summed E-state index contributed by atoms with van der Waals surface area (Å²) in [5, 5.41) is 3.45. The maximum Gasteiger partial charge on any atom is 0.126 e. The molecule has 2 rings (SSSR count). The van der Waals surface area contributed by atoms with Crippen LogP contribution in [0, 0.1) is 5.82 Å². The molecule has 0 amide bonds. The van der Waals surface area contributed by atoms with Crippen molar-refractivity contribution in [2.24, 2.45) is 0 Å². The van der Waals surface area contributed by atoms with Crippen molar-refractivity contribution in [3.8, 4) is 0 Å². The topological polar surface area (TPSA) is 24.9 Å². The Bertz CT molecular complexity index is 513. The quantitative estimate of drug-likeness (QED) is 0.836. The van der Waals surface area contributed by atoms with Crippen molar-refractivity contribution >= 4 is 0 Å². The fourth-order valence-corrected chi connectivity index (χ4v) is 2.38. The molecule has 2 nitrogen and oxygen atoms in total. The third-order valence-electron chi connectivity index (χ3n) is 3.45. The lowest BCUT2D eigenvalue weighted by Crippen LogP contribution is -2.31. The minimum atomic E-state index is -0.112. The van der Waals surface area contributed by atoms with Crippen LogP contribution in [0.1, 0.15) is 24.5 Å². The number of likely N-dealkylation sites (N-methyl/N-ethyl adjacent to an activating group) is 1. The van der Waals surface area contributed by atoms with Gasteiger partial charge in [-0.3, -0.25) is 4.98 Å². The summed E-state index contributed by atoms with van der Waals surface area (Å²) in [6.07, 6.45) is 6.33. The van der Waals surface area contributed by atoms with E-state index in [1.165, 1.54) is 11.6 Å². The lowest BCUT2D eigenvalue weighted by Gasteiger charge is -2.18. The van der Waals surface area contributed by atoms with Gasteiger partial charge in [0.2, 0.25) is 0 Å². The summed E-state index contributed by atoms with van der Waals surface area (Å²) in [5.74, 6) is -0.112. The van der Waals surface area contributed by atoms with Crippen LogP contribution in [-0.2, 0) is 12.8 Å². The van der Waals surface area contributed by atoms with E-state index < -0.39 is 0 Å². The predicted octanol–water partition coefficient (Wildman–Crippen LogP) is 3.37. The van der Waals surface area contributed by atoms with E-state index in [4.69, 9.17) is 0 Å². The minimum absolute atomic E-state index is 0.112. The largest absolute Gasteiger partial charge is 0.314 e. The number of nitrogens with one attached hydrogen (secondary N) is 1. The molecule has 0 saturated heterocycles. The highest BCUT2D eigenvalue weighted by Gasteiger charge is 2.11. The van der Waals surface area contributed by atoms with Crippen molar-refractivity contribution in [3.05, 3.63) is 65.7 Å². The molecule has 2 aromatic rings. The van der Waals surface area contributed by atoms with Crippen LogP contribution < -0.4 is 5.32 Å². The molecule has 0 saturated carbocycles. The maximum atomic E-state index is 13.7. The summed E-state index contributed by atoms with van der Waals surface area (Å²) in [7, 11) is 0. The van der Waals surface area contributed by atoms with Gasteiger partial charge in [-0.25, -0.2) is 4.39 Å². The van der Waals surface area contributed by atoms with E-state index in [9.17, 15) is 4.39 Å². The molecule has 106 valence electrons. The van der Waals surface area contributed by atoms with E-state index in [2.05, 4.69) is 17.2 Å². The molecule has 0 spiro atoms. The second-order valence-electron chi connectivity index (χ2n) is 4.94. The molecule has 1 aromatic carbocycles. The number of halogens is 1. The second-order valence-corrected chi connectivity index (χ2v) is 4.94. The zero-order chi connectivity index (χ0) is 14.2. The Morgan fingerprint density at radius 1 is 1.15 bits per heavy atom. The number of rotatable bonds is 7. The fourth-order valence-electron chi connectivity index (χ4n) is 2.38. The van der Waals surface area contributed by atoms with E-state index in [-0.39, 0.29) is 5.82 Å². The molecule has 1 N–H and O–H groups in total. The highest BCUT2D eigenvalue weighted by molar-refractivity contribution is 5.18. The van der Waals surface area contributed by atoms with E-state index in [1.807, 2.05) is 36.7 Å². The van der Waals surface area contributed by atoms with E-state index >= 15 is 0 Å². The minimum Gasteiger partial charge on any atom is -0.314 e. The Balaban J connectivity index is 1.95. The van der Waals surface area contributed by atoms with Crippen molar-refractivity contribution in [1.29, 1.82) is 0 Å². The lowest BCUT2D eigenvalue weighted by atomic mass is 9.99. The monoisotopic (exact) mass is 272 g/mol. The van der Waals surface area contributed by atoms with E-state index in [0.29, 0.717) is 6.04 Å². The summed E-state index contributed by atoms with van der Waals surface area (Å²) < 4.78 is 13.7. The first kappa shape index (κ1) is 14.7. The van der Waals surface area contributed by atoms with Gasteiger partial charge in [0, 0.05) is 18.4 Å². The number of aromatic nitrogens is 1. The molecule has 20 heavy (non-hydrogen) atoms. The molecule has 0 aliphatic heterocycles. The van der Waals surface area contributed by atoms with Gasteiger partial charge in [0.15, 0.2) is 0 Å². The summed E-state index contributed by atoms with van der Waals surface area (Å²) in [4.78, 5) is 4.02. The van der Waals surface area contributed by atoms with Crippen molar-refractivity contribution in [2.75, 3.05) is 6.54 Å². The van der Waals surface area contributed by atoms with Crippen molar-refractivity contribution in [2.45, 2.75) is 32.2 Å². The van der Waals surface area contributed by atoms with Gasteiger partial charge in [-0.05, 0) is 55.1 Å². The molecule has 1 heterocycles. The highest BCUT2D eigenvalue weighted by atomic mass is 19.1. The molecule has 3 heteroatoms. The molecule has 0 aliphatic carbocycles. The van der Waals surface area contributed by atoms with Crippen LogP contribution in [0.4, 0.5) is 4.39 Å². The Hall–Kier alpha value is -1.74. The summed E-state index contributed by atoms with van der Waals surface area (Å²) in [5.41, 5.74) is 2.06. The average molecular weight is 272 g/mol. The molecule has 1 aromatic heterocycles. The van der Waals surface area contributed by atoms with Crippen molar-refractivity contribution < 1.29 is 4.39 Å². The Labute approximate surface area is 120 Å². The fraction of sp³-hybridized carbons (Fsp3) is 0.353. The number of aryl methyl sites for hydroxylation is 1. The van der Waals surface area contributed by atoms with Crippen molar-refractivity contribution in [1.82, 2.24) is 10.3 Å². The number of hydrogen-bond acceptors (Lipinski definition) is 2. The smallest absolute Gasteiger partial charge is 0.126 e. The first-order chi connectivity index (χ1) is 9.79. The number of benzene rings is 1. The molecule has 0 bridgehead atoms. The lowest BCUT2D eigenvalue weighted by molar-refractivity contribution is 0.480. The van der Waals surface area contributed by atoms with Crippen LogP contribution in [0.3, 0.4) is 0 Å². The first-order valence-corrected chi connectivity index (χ1v) is 7.15. The summed E-state index contributed by atoms with van der Waals surface area (Å²) in [6, 6.07) is 11.4. The normalized spacial score (nSPS) is 12.3. The van der Waals surface area contributed by atoms with Crippen LogP contribution in [0.5, 0.6) is 0 Å². The Morgan fingerprint density at radius 3 is 2.60 bits per heavy atom. The van der Waals surface area contributed by atoms with Gasteiger partial charge >= 0.3 is 0 Å². The molecule has 0 fully saturated rings. The van der Waals surface area contributed by atoms with E-state index in [1.54, 1.807) is 6.07 Å². The van der Waals surface area contributed by atoms with Gasteiger partial charge in [-0.1, -0.05) is 25.1 Å². The summed E-state index contributed by atoms with van der Waals surface area (Å²) in [6.45, 7) is 2.98. The van der Waals surface area contributed by atoms with Crippen molar-refractivity contribution in [3.63, 3.8) is 0 Å². The highest BCUT2D eigenvalue weighted by Crippen LogP contribution is 2.13.